The van der Waals surface area contributed by atoms with E-state index < -0.39 is 86.8 Å². The Hall–Kier alpha value is -1.27. The Balaban J connectivity index is 1.62. The number of unbranched alkanes of at least 4 members (excludes halogenated alkanes) is 54. The summed E-state index contributed by atoms with van der Waals surface area (Å²) in [6.45, 7) is 2.88. The van der Waals surface area contributed by atoms with Gasteiger partial charge >= 0.3 is 0 Å². The first-order chi connectivity index (χ1) is 44.6. The van der Waals surface area contributed by atoms with E-state index in [9.17, 15) is 45.6 Å². The second kappa shape index (κ2) is 62.3. The van der Waals surface area contributed by atoms with Gasteiger partial charge in [-0.1, -0.05) is 366 Å². The van der Waals surface area contributed by atoms with Crippen LogP contribution in [-0.4, -0.2) is 140 Å². The van der Waals surface area contributed by atoms with E-state index in [-0.39, 0.29) is 18.9 Å². The van der Waals surface area contributed by atoms with E-state index in [0.717, 1.165) is 44.9 Å². The van der Waals surface area contributed by atoms with E-state index in [1.54, 1.807) is 6.08 Å². The lowest BCUT2D eigenvalue weighted by Gasteiger charge is -2.46. The number of nitrogens with one attached hydrogen (secondary N) is 1. The van der Waals surface area contributed by atoms with Gasteiger partial charge in [-0.25, -0.2) is 0 Å². The van der Waals surface area contributed by atoms with Gasteiger partial charge in [0.05, 0.1) is 32.0 Å². The van der Waals surface area contributed by atoms with Gasteiger partial charge in [0.15, 0.2) is 12.6 Å². The van der Waals surface area contributed by atoms with Crippen LogP contribution in [0.4, 0.5) is 0 Å². The molecule has 14 nitrogen and oxygen atoms in total. The Morgan fingerprint density at radius 1 is 0.385 bits per heavy atom. The lowest BCUT2D eigenvalue weighted by Crippen LogP contribution is -2.65. The normalized spacial score (nSPS) is 22.7. The van der Waals surface area contributed by atoms with E-state index in [0.29, 0.717) is 0 Å². The number of ether oxygens (including phenoxy) is 4. The summed E-state index contributed by atoms with van der Waals surface area (Å²) in [5, 5.41) is 87.6. The van der Waals surface area contributed by atoms with Crippen molar-refractivity contribution in [1.29, 1.82) is 0 Å². The fourth-order valence-corrected chi connectivity index (χ4v) is 13.5. The molecule has 0 bridgehead atoms. The zero-order chi connectivity index (χ0) is 65.9. The van der Waals surface area contributed by atoms with Crippen molar-refractivity contribution in [2.75, 3.05) is 19.8 Å². The van der Waals surface area contributed by atoms with Gasteiger partial charge in [0, 0.05) is 6.42 Å². The first kappa shape index (κ1) is 85.8. The molecule has 0 spiro atoms. The standard InChI is InChI=1S/C77H149NO13/c1-3-5-7-9-11-13-15-17-19-21-23-25-27-29-30-31-32-33-34-35-37-39-41-43-45-47-49-51-53-55-57-59-61-69(82)78-65(64-88-76-74(87)72(85)75(68(63-80)90-76)91-77-73(86)71(84)70(83)67(62-79)89-77)66(81)60-58-56-54-52-50-48-46-44-42-40-38-36-28-26-24-22-20-18-16-14-12-10-8-6-4-2/h58,60,65-68,70-77,79-81,83-87H,3-57,59,61-64H2,1-2H3,(H,78,82)/b60-58+. The molecule has 9 N–H and O–H groups in total. The van der Waals surface area contributed by atoms with Crippen LogP contribution in [0.3, 0.4) is 0 Å². The summed E-state index contributed by atoms with van der Waals surface area (Å²) in [6, 6.07) is -0.912. The molecule has 1 amide bonds. The fourth-order valence-electron chi connectivity index (χ4n) is 13.5. The highest BCUT2D eigenvalue weighted by Gasteiger charge is 2.51. The molecule has 0 aromatic carbocycles. The van der Waals surface area contributed by atoms with Gasteiger partial charge in [0.1, 0.15) is 48.8 Å². The average Bonchev–Trinajstić information content (AvgIpc) is 1.04. The molecule has 0 radical (unpaired) electrons. The average molecular weight is 1300 g/mol. The molecule has 540 valence electrons. The Morgan fingerprint density at radius 2 is 0.681 bits per heavy atom. The quantitative estimate of drug-likeness (QED) is 0.0204. The first-order valence-electron chi connectivity index (χ1n) is 39.4. The zero-order valence-corrected chi connectivity index (χ0v) is 59.1. The summed E-state index contributed by atoms with van der Waals surface area (Å²) < 4.78 is 22.9. The molecule has 12 unspecified atom stereocenters. The predicted octanol–water partition coefficient (Wildman–Crippen LogP) is 17.3. The van der Waals surface area contributed by atoms with Gasteiger partial charge in [0.25, 0.3) is 0 Å². The van der Waals surface area contributed by atoms with Gasteiger partial charge < -0.3 is 65.1 Å². The van der Waals surface area contributed by atoms with Crippen molar-refractivity contribution in [3.05, 3.63) is 12.2 Å². The Morgan fingerprint density at radius 3 is 1.01 bits per heavy atom. The molecule has 2 rings (SSSR count). The molecule has 0 saturated carbocycles. The summed E-state index contributed by atoms with van der Waals surface area (Å²) in [5.41, 5.74) is 0. The third-order valence-corrected chi connectivity index (χ3v) is 19.7. The Labute approximate surface area is 558 Å². The van der Waals surface area contributed by atoms with Crippen molar-refractivity contribution >= 4 is 5.91 Å². The number of aliphatic hydroxyl groups excluding tert-OH is 8. The van der Waals surface area contributed by atoms with Crippen LogP contribution in [0.15, 0.2) is 12.2 Å². The number of hydrogen-bond donors (Lipinski definition) is 9. The number of hydrogen-bond acceptors (Lipinski definition) is 13. The van der Waals surface area contributed by atoms with Crippen molar-refractivity contribution in [3.63, 3.8) is 0 Å². The van der Waals surface area contributed by atoms with Gasteiger partial charge in [-0.05, 0) is 19.3 Å². The number of carbonyl (C=O) groups excluding carboxylic acids is 1. The van der Waals surface area contributed by atoms with Crippen LogP contribution in [0, 0.1) is 0 Å². The van der Waals surface area contributed by atoms with Crippen molar-refractivity contribution < 1.29 is 64.6 Å². The second-order valence-electron chi connectivity index (χ2n) is 28.2. The number of rotatable bonds is 67. The fraction of sp³-hybridized carbons (Fsp3) is 0.961. The molecule has 2 saturated heterocycles. The third kappa shape index (κ3) is 45.8. The first-order valence-corrected chi connectivity index (χ1v) is 39.4. The van der Waals surface area contributed by atoms with Crippen molar-refractivity contribution in [2.45, 2.75) is 453 Å². The minimum atomic E-state index is -1.79. The molecule has 91 heavy (non-hydrogen) atoms. The molecular formula is C77H149NO13. The Kier molecular flexibility index (Phi) is 58.7. The van der Waals surface area contributed by atoms with Crippen LogP contribution in [0.5, 0.6) is 0 Å². The minimum Gasteiger partial charge on any atom is -0.394 e. The van der Waals surface area contributed by atoms with Crippen molar-refractivity contribution in [1.82, 2.24) is 5.32 Å². The van der Waals surface area contributed by atoms with Crippen LogP contribution in [0.2, 0.25) is 0 Å². The summed E-state index contributed by atoms with van der Waals surface area (Å²) in [7, 11) is 0. The number of amides is 1. The van der Waals surface area contributed by atoms with E-state index in [2.05, 4.69) is 19.2 Å². The number of aliphatic hydroxyl groups is 8. The summed E-state index contributed by atoms with van der Waals surface area (Å²) in [6.07, 6.45) is 61.5. The summed E-state index contributed by atoms with van der Waals surface area (Å²) >= 11 is 0. The van der Waals surface area contributed by atoms with E-state index in [1.165, 1.54) is 315 Å². The molecule has 12 atom stereocenters. The minimum absolute atomic E-state index is 0.229. The predicted molar refractivity (Wildman–Crippen MR) is 374 cm³/mol. The molecule has 0 aromatic heterocycles. The Bertz CT molecular complexity index is 1570. The SMILES string of the molecule is CCCCCCCCCCCCCCCCCCCCCCCCC/C=C/C(O)C(COC1OC(CO)C(OC2OC(CO)C(O)C(O)C2O)C(O)C1O)NC(=O)CCCCCCCCCCCCCCCCCCCCCCCCCCCCCCCCCC. The number of carbonyl (C=O) groups is 1. The maximum absolute atomic E-state index is 13.4. The monoisotopic (exact) mass is 1300 g/mol. The molecule has 2 aliphatic rings. The van der Waals surface area contributed by atoms with E-state index >= 15 is 0 Å². The molecular weight excluding hydrogens is 1150 g/mol. The van der Waals surface area contributed by atoms with E-state index in [4.69, 9.17) is 18.9 Å². The molecule has 0 aromatic rings. The van der Waals surface area contributed by atoms with Gasteiger partial charge in [-0.3, -0.25) is 4.79 Å². The third-order valence-electron chi connectivity index (χ3n) is 19.7. The van der Waals surface area contributed by atoms with Crippen molar-refractivity contribution in [2.24, 2.45) is 0 Å². The summed E-state index contributed by atoms with van der Waals surface area (Å²) in [5.74, 6) is -0.229. The second-order valence-corrected chi connectivity index (χ2v) is 28.2. The van der Waals surface area contributed by atoms with Crippen LogP contribution in [0.1, 0.15) is 380 Å². The molecule has 0 aliphatic carbocycles. The van der Waals surface area contributed by atoms with Gasteiger partial charge in [0.2, 0.25) is 5.91 Å². The molecule has 2 fully saturated rings. The lowest BCUT2D eigenvalue weighted by molar-refractivity contribution is -0.359. The zero-order valence-electron chi connectivity index (χ0n) is 59.1. The molecule has 2 heterocycles. The van der Waals surface area contributed by atoms with Crippen LogP contribution < -0.4 is 5.32 Å². The number of allylic oxidation sites excluding steroid dienone is 1. The van der Waals surface area contributed by atoms with Crippen LogP contribution in [-0.2, 0) is 23.7 Å². The van der Waals surface area contributed by atoms with Gasteiger partial charge in [-0.2, -0.15) is 0 Å². The lowest BCUT2D eigenvalue weighted by atomic mass is 9.97. The van der Waals surface area contributed by atoms with Crippen LogP contribution in [0.25, 0.3) is 0 Å². The molecule has 2 aliphatic heterocycles. The highest BCUT2D eigenvalue weighted by atomic mass is 16.7. The van der Waals surface area contributed by atoms with Crippen LogP contribution >= 0.6 is 0 Å². The molecule has 14 heteroatoms. The smallest absolute Gasteiger partial charge is 0.220 e. The summed E-state index contributed by atoms with van der Waals surface area (Å²) in [4.78, 5) is 13.4. The largest absolute Gasteiger partial charge is 0.394 e. The van der Waals surface area contributed by atoms with Crippen molar-refractivity contribution in [3.8, 4) is 0 Å². The van der Waals surface area contributed by atoms with E-state index in [1.807, 2.05) is 6.08 Å². The van der Waals surface area contributed by atoms with Gasteiger partial charge in [-0.15, -0.1) is 0 Å². The maximum atomic E-state index is 13.4. The topological polar surface area (TPSA) is 228 Å². The maximum Gasteiger partial charge on any atom is 0.220 e. The highest BCUT2D eigenvalue weighted by molar-refractivity contribution is 5.76. The highest BCUT2D eigenvalue weighted by Crippen LogP contribution is 2.30.